The van der Waals surface area contributed by atoms with Gasteiger partial charge in [-0.15, -0.1) is 0 Å². The van der Waals surface area contributed by atoms with E-state index >= 15 is 0 Å². The Morgan fingerprint density at radius 2 is 1.61 bits per heavy atom. The summed E-state index contributed by atoms with van der Waals surface area (Å²) in [6, 6.07) is 0.554. The number of amides is 1. The molecule has 1 atom stereocenters. The normalized spacial score (nSPS) is 23.4. The molecule has 2 saturated heterocycles. The number of hydrogen-bond acceptors (Lipinski definition) is 4. The Bertz CT molecular complexity index is 560. The second-order valence-corrected chi connectivity index (χ2v) is 9.94. The summed E-state index contributed by atoms with van der Waals surface area (Å²) in [6.45, 7) is 13.7. The Morgan fingerprint density at radius 3 is 2.16 bits per heavy atom. The van der Waals surface area contributed by atoms with Crippen LogP contribution in [0.25, 0.3) is 0 Å². The van der Waals surface area contributed by atoms with Crippen molar-refractivity contribution in [1.29, 1.82) is 0 Å². The number of rotatable bonds is 8. The first-order valence-electron chi connectivity index (χ1n) is 12.8. The molecule has 2 heterocycles. The van der Waals surface area contributed by atoms with Gasteiger partial charge in [0.25, 0.3) is 0 Å². The van der Waals surface area contributed by atoms with Crippen LogP contribution in [-0.2, 0) is 4.79 Å². The van der Waals surface area contributed by atoms with Crippen LogP contribution in [0.15, 0.2) is 4.99 Å². The molecule has 7 heteroatoms. The summed E-state index contributed by atoms with van der Waals surface area (Å²) in [4.78, 5) is 24.1. The van der Waals surface area contributed by atoms with E-state index in [0.717, 1.165) is 64.6 Å². The van der Waals surface area contributed by atoms with Gasteiger partial charge in [-0.25, -0.2) is 0 Å². The molecule has 0 aromatic carbocycles. The molecule has 1 amide bonds. The molecule has 7 nitrogen and oxygen atoms in total. The van der Waals surface area contributed by atoms with Gasteiger partial charge >= 0.3 is 0 Å². The van der Waals surface area contributed by atoms with Crippen molar-refractivity contribution in [1.82, 2.24) is 25.3 Å². The lowest BCUT2D eigenvalue weighted by molar-refractivity contribution is -0.139. The zero-order chi connectivity index (χ0) is 22.1. The third kappa shape index (κ3) is 7.35. The van der Waals surface area contributed by atoms with Crippen LogP contribution >= 0.6 is 0 Å². The van der Waals surface area contributed by atoms with Gasteiger partial charge in [-0.05, 0) is 44.7 Å². The molecule has 1 aliphatic carbocycles. The summed E-state index contributed by atoms with van der Waals surface area (Å²) in [5.74, 6) is 2.26. The molecule has 3 rings (SSSR count). The summed E-state index contributed by atoms with van der Waals surface area (Å²) < 4.78 is 0. The highest BCUT2D eigenvalue weighted by molar-refractivity contribution is 5.80. The van der Waals surface area contributed by atoms with E-state index < -0.39 is 0 Å². The number of nitrogens with zero attached hydrogens (tertiary/aromatic N) is 4. The van der Waals surface area contributed by atoms with Gasteiger partial charge in [-0.3, -0.25) is 19.6 Å². The number of aliphatic imine (C=N–C) groups is 1. The van der Waals surface area contributed by atoms with Gasteiger partial charge < -0.3 is 15.5 Å². The summed E-state index contributed by atoms with van der Waals surface area (Å²) in [6.07, 6.45) is 8.84. The van der Waals surface area contributed by atoms with Crippen LogP contribution in [0.4, 0.5) is 0 Å². The van der Waals surface area contributed by atoms with Crippen molar-refractivity contribution >= 4 is 11.9 Å². The summed E-state index contributed by atoms with van der Waals surface area (Å²) in [5.41, 5.74) is 0. The van der Waals surface area contributed by atoms with E-state index in [2.05, 4.69) is 44.2 Å². The number of guanidine groups is 1. The minimum absolute atomic E-state index is 0.326. The predicted octanol–water partition coefficient (Wildman–Crippen LogP) is 2.00. The first kappa shape index (κ1) is 24.3. The Balaban J connectivity index is 1.34. The van der Waals surface area contributed by atoms with Crippen molar-refractivity contribution < 1.29 is 4.79 Å². The van der Waals surface area contributed by atoms with Crippen LogP contribution < -0.4 is 10.6 Å². The SMILES string of the molecule is CN=C(NCCN1CCN(C(=O)C2CCC2)CC1)NCC(C(C)C)N1CCCCCC1. The van der Waals surface area contributed by atoms with E-state index in [0.29, 0.717) is 23.8 Å². The first-order valence-corrected chi connectivity index (χ1v) is 12.8. The quantitative estimate of drug-likeness (QED) is 0.452. The maximum Gasteiger partial charge on any atom is 0.225 e. The zero-order valence-electron chi connectivity index (χ0n) is 20.2. The molecule has 178 valence electrons. The van der Waals surface area contributed by atoms with Gasteiger partial charge in [0.2, 0.25) is 5.91 Å². The molecule has 3 fully saturated rings. The molecule has 2 N–H and O–H groups in total. The molecule has 1 saturated carbocycles. The number of hydrogen-bond donors (Lipinski definition) is 2. The Morgan fingerprint density at radius 1 is 0.935 bits per heavy atom. The fraction of sp³-hybridized carbons (Fsp3) is 0.917. The van der Waals surface area contributed by atoms with Gasteiger partial charge in [-0.2, -0.15) is 0 Å². The maximum absolute atomic E-state index is 12.4. The highest BCUT2D eigenvalue weighted by Crippen LogP contribution is 2.28. The van der Waals surface area contributed by atoms with Crippen LogP contribution in [0.3, 0.4) is 0 Å². The van der Waals surface area contributed by atoms with Crippen LogP contribution in [0.2, 0.25) is 0 Å². The maximum atomic E-state index is 12.4. The van der Waals surface area contributed by atoms with E-state index in [4.69, 9.17) is 0 Å². The van der Waals surface area contributed by atoms with Gasteiger partial charge in [0, 0.05) is 64.8 Å². The van der Waals surface area contributed by atoms with Gasteiger partial charge in [0.1, 0.15) is 0 Å². The average Bonchev–Trinajstić information content (AvgIpc) is 3.01. The molecule has 31 heavy (non-hydrogen) atoms. The number of likely N-dealkylation sites (tertiary alicyclic amines) is 1. The summed E-state index contributed by atoms with van der Waals surface area (Å²) in [5, 5.41) is 7.07. The van der Waals surface area contributed by atoms with Gasteiger partial charge in [-0.1, -0.05) is 33.1 Å². The highest BCUT2D eigenvalue weighted by Gasteiger charge is 2.31. The third-order valence-corrected chi connectivity index (χ3v) is 7.44. The van der Waals surface area contributed by atoms with E-state index in [1.54, 1.807) is 0 Å². The van der Waals surface area contributed by atoms with Crippen LogP contribution in [0.1, 0.15) is 58.8 Å². The van der Waals surface area contributed by atoms with Crippen LogP contribution in [-0.4, -0.2) is 98.6 Å². The Kier molecular flexibility index (Phi) is 9.91. The minimum atomic E-state index is 0.326. The molecule has 2 aliphatic heterocycles. The zero-order valence-corrected chi connectivity index (χ0v) is 20.2. The monoisotopic (exact) mass is 434 g/mol. The lowest BCUT2D eigenvalue weighted by Crippen LogP contribution is -2.53. The molecule has 0 aromatic heterocycles. The Labute approximate surface area is 190 Å². The fourth-order valence-corrected chi connectivity index (χ4v) is 5.07. The van der Waals surface area contributed by atoms with Crippen molar-refractivity contribution in [2.45, 2.75) is 64.8 Å². The Hall–Kier alpha value is -1.34. The third-order valence-electron chi connectivity index (χ3n) is 7.44. The molecule has 0 bridgehead atoms. The van der Waals surface area contributed by atoms with E-state index in [-0.39, 0.29) is 0 Å². The number of piperazine rings is 1. The van der Waals surface area contributed by atoms with Crippen molar-refractivity contribution in [3.63, 3.8) is 0 Å². The predicted molar refractivity (Wildman–Crippen MR) is 128 cm³/mol. The molecule has 0 spiro atoms. The van der Waals surface area contributed by atoms with Crippen LogP contribution in [0.5, 0.6) is 0 Å². The second-order valence-electron chi connectivity index (χ2n) is 9.94. The summed E-state index contributed by atoms with van der Waals surface area (Å²) >= 11 is 0. The fourth-order valence-electron chi connectivity index (χ4n) is 5.07. The molecular weight excluding hydrogens is 388 g/mol. The van der Waals surface area contributed by atoms with E-state index in [1.165, 1.54) is 45.2 Å². The lowest BCUT2D eigenvalue weighted by Gasteiger charge is -2.38. The van der Waals surface area contributed by atoms with E-state index in [9.17, 15) is 4.79 Å². The molecule has 1 unspecified atom stereocenters. The lowest BCUT2D eigenvalue weighted by atomic mass is 9.84. The molecule has 0 aromatic rings. The van der Waals surface area contributed by atoms with Crippen molar-refractivity contribution in [2.75, 3.05) is 66.0 Å². The number of nitrogens with one attached hydrogen (secondary N) is 2. The first-order chi connectivity index (χ1) is 15.1. The van der Waals surface area contributed by atoms with Crippen molar-refractivity contribution in [3.8, 4) is 0 Å². The standard InChI is InChI=1S/C24H46N6O/c1-20(2)22(29-12-6-4-5-7-13-29)19-27-24(25-3)26-11-14-28-15-17-30(18-16-28)23(31)21-9-8-10-21/h20-22H,4-19H2,1-3H3,(H2,25,26,27). The smallest absolute Gasteiger partial charge is 0.225 e. The minimum Gasteiger partial charge on any atom is -0.355 e. The molecular formula is C24H46N6O. The van der Waals surface area contributed by atoms with Crippen LogP contribution in [0, 0.1) is 11.8 Å². The van der Waals surface area contributed by atoms with Crippen molar-refractivity contribution in [2.24, 2.45) is 16.8 Å². The molecule has 0 radical (unpaired) electrons. The largest absolute Gasteiger partial charge is 0.355 e. The molecule has 3 aliphatic rings. The number of carbonyl (C=O) groups excluding carboxylic acids is 1. The van der Waals surface area contributed by atoms with Crippen molar-refractivity contribution in [3.05, 3.63) is 0 Å². The van der Waals surface area contributed by atoms with E-state index in [1.807, 2.05) is 7.05 Å². The average molecular weight is 435 g/mol. The number of carbonyl (C=O) groups is 1. The summed E-state index contributed by atoms with van der Waals surface area (Å²) in [7, 11) is 1.86. The van der Waals surface area contributed by atoms with Gasteiger partial charge in [0.15, 0.2) is 5.96 Å². The topological polar surface area (TPSA) is 63.2 Å². The second kappa shape index (κ2) is 12.6. The van der Waals surface area contributed by atoms with Gasteiger partial charge in [0.05, 0.1) is 0 Å². The highest BCUT2D eigenvalue weighted by atomic mass is 16.2.